The van der Waals surface area contributed by atoms with E-state index in [1.807, 2.05) is 18.2 Å². The molecule has 2 aliphatic rings. The van der Waals surface area contributed by atoms with Gasteiger partial charge in [0, 0.05) is 33.1 Å². The van der Waals surface area contributed by atoms with Gasteiger partial charge in [0.2, 0.25) is 0 Å². The van der Waals surface area contributed by atoms with Gasteiger partial charge in [-0.25, -0.2) is 0 Å². The van der Waals surface area contributed by atoms with Crippen LogP contribution >= 0.6 is 11.3 Å². The monoisotopic (exact) mass is 420 g/mol. The van der Waals surface area contributed by atoms with Gasteiger partial charge in [-0.1, -0.05) is 24.6 Å². The van der Waals surface area contributed by atoms with Crippen LogP contribution in [0.15, 0.2) is 41.2 Å². The van der Waals surface area contributed by atoms with Crippen LogP contribution in [0.5, 0.6) is 0 Å². The van der Waals surface area contributed by atoms with Crippen LogP contribution in [-0.2, 0) is 0 Å². The molecule has 0 amide bonds. The van der Waals surface area contributed by atoms with Gasteiger partial charge in [0.25, 0.3) is 0 Å². The Bertz CT molecular complexity index is 1100. The Balaban J connectivity index is 1.32. The highest BCUT2D eigenvalue weighted by molar-refractivity contribution is 7.24. The number of nitrogens with one attached hydrogen (secondary N) is 1. The quantitative estimate of drug-likeness (QED) is 0.395. The van der Waals surface area contributed by atoms with Crippen molar-refractivity contribution in [1.82, 2.24) is 4.90 Å². The summed E-state index contributed by atoms with van der Waals surface area (Å²) in [6, 6.07) is 13.1. The Kier molecular flexibility index (Phi) is 5.79. The Morgan fingerprint density at radius 1 is 1.07 bits per heavy atom. The van der Waals surface area contributed by atoms with Gasteiger partial charge in [0.1, 0.15) is 0 Å². The summed E-state index contributed by atoms with van der Waals surface area (Å²) in [7, 11) is 0. The van der Waals surface area contributed by atoms with Crippen LogP contribution < -0.4 is 10.7 Å². The summed E-state index contributed by atoms with van der Waals surface area (Å²) < 4.78 is 2.19. The highest BCUT2D eigenvalue weighted by Crippen LogP contribution is 2.34. The molecule has 1 aromatic heterocycles. The maximum atomic E-state index is 13.3. The van der Waals surface area contributed by atoms with Gasteiger partial charge in [-0.3, -0.25) is 4.79 Å². The van der Waals surface area contributed by atoms with Gasteiger partial charge in [-0.15, -0.1) is 11.3 Å². The molecule has 2 atom stereocenters. The number of anilines is 1. The standard InChI is InChI=1S/C26H32N2OS/c1-18-13-14-21(24-25(29)20-10-2-3-12-23(20)30-26(18)24)27-15-6-8-19-9-7-17-28-16-5-4-11-22(19)28/h2-3,10,12-14,19,22,27H,4-9,11,15-17H2,1H3. The number of aryl methyl sites for hydroxylation is 1. The van der Waals surface area contributed by atoms with E-state index < -0.39 is 0 Å². The summed E-state index contributed by atoms with van der Waals surface area (Å²) in [5.41, 5.74) is 2.35. The van der Waals surface area contributed by atoms with E-state index in [2.05, 4.69) is 35.3 Å². The van der Waals surface area contributed by atoms with Crippen LogP contribution in [0.1, 0.15) is 50.5 Å². The minimum atomic E-state index is 0.163. The minimum Gasteiger partial charge on any atom is -0.384 e. The molecule has 3 aromatic rings. The topological polar surface area (TPSA) is 32.3 Å². The van der Waals surface area contributed by atoms with Crippen LogP contribution in [0.2, 0.25) is 0 Å². The fourth-order valence-electron chi connectivity index (χ4n) is 5.68. The number of nitrogens with zero attached hydrogens (tertiary/aromatic N) is 1. The van der Waals surface area contributed by atoms with E-state index in [1.54, 1.807) is 11.3 Å². The molecule has 2 fully saturated rings. The molecule has 0 aliphatic carbocycles. The first-order valence-electron chi connectivity index (χ1n) is 11.7. The average molecular weight is 421 g/mol. The normalized spacial score (nSPS) is 22.3. The summed E-state index contributed by atoms with van der Waals surface area (Å²) in [4.78, 5) is 16.0. The van der Waals surface area contributed by atoms with Crippen LogP contribution in [0, 0.1) is 12.8 Å². The van der Waals surface area contributed by atoms with Crippen molar-refractivity contribution in [2.45, 2.75) is 57.9 Å². The van der Waals surface area contributed by atoms with Crippen LogP contribution in [0.25, 0.3) is 20.2 Å². The van der Waals surface area contributed by atoms with E-state index >= 15 is 0 Å². The van der Waals surface area contributed by atoms with E-state index in [0.717, 1.165) is 44.4 Å². The zero-order valence-corrected chi connectivity index (χ0v) is 18.8. The SMILES string of the molecule is Cc1ccc(NCCCC2CCCN3CCCCC23)c2c(=O)c3ccccc3sc12. The number of piperidine rings is 2. The summed E-state index contributed by atoms with van der Waals surface area (Å²) in [5.74, 6) is 0.858. The Hall–Kier alpha value is -1.91. The highest BCUT2D eigenvalue weighted by atomic mass is 32.1. The fraction of sp³-hybridized carbons (Fsp3) is 0.500. The number of hydrogen-bond acceptors (Lipinski definition) is 4. The third-order valence-corrected chi connectivity index (χ3v) is 8.53. The second-order valence-electron chi connectivity index (χ2n) is 9.13. The third kappa shape index (κ3) is 3.76. The van der Waals surface area contributed by atoms with E-state index in [1.165, 1.54) is 63.6 Å². The van der Waals surface area contributed by atoms with E-state index in [9.17, 15) is 4.79 Å². The second kappa shape index (κ2) is 8.68. The molecule has 2 saturated heterocycles. The van der Waals surface area contributed by atoms with Crippen LogP contribution in [0.3, 0.4) is 0 Å². The summed E-state index contributed by atoms with van der Waals surface area (Å²) >= 11 is 1.74. The number of hydrogen-bond donors (Lipinski definition) is 1. The molecule has 158 valence electrons. The molecule has 30 heavy (non-hydrogen) atoms. The lowest BCUT2D eigenvalue weighted by atomic mass is 9.81. The van der Waals surface area contributed by atoms with Gasteiger partial charge >= 0.3 is 0 Å². The molecular formula is C26H32N2OS. The Morgan fingerprint density at radius 2 is 1.93 bits per heavy atom. The lowest BCUT2D eigenvalue weighted by molar-refractivity contribution is 0.0553. The fourth-order valence-corrected chi connectivity index (χ4v) is 6.85. The van der Waals surface area contributed by atoms with Crippen molar-refractivity contribution in [3.05, 3.63) is 52.2 Å². The first-order chi connectivity index (χ1) is 14.7. The van der Waals surface area contributed by atoms with Crippen molar-refractivity contribution in [2.24, 2.45) is 5.92 Å². The average Bonchev–Trinajstić information content (AvgIpc) is 2.78. The Morgan fingerprint density at radius 3 is 2.87 bits per heavy atom. The minimum absolute atomic E-state index is 0.163. The molecule has 1 N–H and O–H groups in total. The molecule has 3 heterocycles. The maximum absolute atomic E-state index is 13.3. The smallest absolute Gasteiger partial charge is 0.197 e. The predicted octanol–water partition coefficient (Wildman–Crippen LogP) is 6.18. The molecule has 2 aliphatic heterocycles. The van der Waals surface area contributed by atoms with Crippen molar-refractivity contribution < 1.29 is 0 Å². The van der Waals surface area contributed by atoms with Crippen molar-refractivity contribution in [2.75, 3.05) is 25.0 Å². The molecule has 2 aromatic carbocycles. The van der Waals surface area contributed by atoms with Crippen molar-refractivity contribution in [3.8, 4) is 0 Å². The van der Waals surface area contributed by atoms with Crippen molar-refractivity contribution in [1.29, 1.82) is 0 Å². The molecule has 0 saturated carbocycles. The number of benzene rings is 2. The summed E-state index contributed by atoms with van der Waals surface area (Å²) in [6.45, 7) is 5.68. The Labute approximate surface area is 183 Å². The van der Waals surface area contributed by atoms with Crippen LogP contribution in [-0.4, -0.2) is 30.6 Å². The van der Waals surface area contributed by atoms with Crippen molar-refractivity contribution >= 4 is 37.2 Å². The molecule has 2 unspecified atom stereocenters. The molecule has 0 spiro atoms. The van der Waals surface area contributed by atoms with E-state index in [4.69, 9.17) is 0 Å². The van der Waals surface area contributed by atoms with E-state index in [0.29, 0.717) is 0 Å². The van der Waals surface area contributed by atoms with Crippen molar-refractivity contribution in [3.63, 3.8) is 0 Å². The molecule has 5 rings (SSSR count). The van der Waals surface area contributed by atoms with Gasteiger partial charge in [0.05, 0.1) is 5.39 Å². The van der Waals surface area contributed by atoms with E-state index in [-0.39, 0.29) is 5.43 Å². The second-order valence-corrected chi connectivity index (χ2v) is 10.2. The van der Waals surface area contributed by atoms with Gasteiger partial charge < -0.3 is 10.2 Å². The van der Waals surface area contributed by atoms with Gasteiger partial charge in [0.15, 0.2) is 5.43 Å². The summed E-state index contributed by atoms with van der Waals surface area (Å²) in [6.07, 6.45) is 9.43. The molecule has 0 bridgehead atoms. The largest absolute Gasteiger partial charge is 0.384 e. The maximum Gasteiger partial charge on any atom is 0.197 e. The highest BCUT2D eigenvalue weighted by Gasteiger charge is 2.32. The molecular weight excluding hydrogens is 388 g/mol. The first-order valence-corrected chi connectivity index (χ1v) is 12.5. The first kappa shape index (κ1) is 20.0. The van der Waals surface area contributed by atoms with Gasteiger partial charge in [-0.2, -0.15) is 0 Å². The number of rotatable bonds is 5. The van der Waals surface area contributed by atoms with Gasteiger partial charge in [-0.05, 0) is 88.2 Å². The number of fused-ring (bicyclic) bond motifs is 3. The van der Waals surface area contributed by atoms with Crippen LogP contribution in [0.4, 0.5) is 5.69 Å². The molecule has 3 nitrogen and oxygen atoms in total. The lowest BCUT2D eigenvalue weighted by Crippen LogP contribution is -2.47. The predicted molar refractivity (Wildman–Crippen MR) is 130 cm³/mol. The third-order valence-electron chi connectivity index (χ3n) is 7.22. The lowest BCUT2D eigenvalue weighted by Gasteiger charge is -2.44. The molecule has 4 heteroatoms. The molecule has 0 radical (unpaired) electrons. The summed E-state index contributed by atoms with van der Waals surface area (Å²) in [5, 5.41) is 5.33. The zero-order valence-electron chi connectivity index (χ0n) is 18.0. The zero-order chi connectivity index (χ0) is 20.5.